The van der Waals surface area contributed by atoms with E-state index in [1.54, 1.807) is 6.07 Å². The second-order valence-corrected chi connectivity index (χ2v) is 6.08. The van der Waals surface area contributed by atoms with Gasteiger partial charge in [-0.25, -0.2) is 0 Å². The zero-order valence-electron chi connectivity index (χ0n) is 12.0. The van der Waals surface area contributed by atoms with E-state index in [-0.39, 0.29) is 22.3 Å². The number of nitrogens with zero attached hydrogens (tertiary/aromatic N) is 1. The maximum absolute atomic E-state index is 12.3. The molecule has 0 heterocycles. The largest absolute Gasteiger partial charge is 0.349 e. The second kappa shape index (κ2) is 6.89. The van der Waals surface area contributed by atoms with Gasteiger partial charge in [0.1, 0.15) is 10.6 Å². The molecule has 1 fully saturated rings. The maximum Gasteiger partial charge on any atom is 0.300 e. The van der Waals surface area contributed by atoms with Gasteiger partial charge in [-0.1, -0.05) is 37.4 Å². The number of nitrogens with one attached hydrogen (secondary N) is 1. The van der Waals surface area contributed by atoms with Gasteiger partial charge in [0.05, 0.1) is 4.92 Å². The van der Waals surface area contributed by atoms with Crippen LogP contribution in [0.2, 0.25) is 5.02 Å². The van der Waals surface area contributed by atoms with Gasteiger partial charge in [0.25, 0.3) is 5.91 Å². The molecule has 1 saturated carbocycles. The number of nitro benzene ring substituents is 1. The van der Waals surface area contributed by atoms with E-state index in [2.05, 4.69) is 12.2 Å². The quantitative estimate of drug-likeness (QED) is 0.522. The number of para-hydroxylation sites is 1. The minimum atomic E-state index is -0.605. The second-order valence-electron chi connectivity index (χ2n) is 5.68. The molecule has 0 aromatic heterocycles. The van der Waals surface area contributed by atoms with Crippen LogP contribution >= 0.6 is 11.6 Å². The zero-order chi connectivity index (χ0) is 15.4. The van der Waals surface area contributed by atoms with Crippen molar-refractivity contribution in [2.45, 2.75) is 45.1 Å². The van der Waals surface area contributed by atoms with Crippen LogP contribution in [-0.2, 0) is 0 Å². The normalized spacial score (nSPS) is 22.4. The molecule has 1 N–H and O–H groups in total. The van der Waals surface area contributed by atoms with Crippen LogP contribution < -0.4 is 5.32 Å². The van der Waals surface area contributed by atoms with Crippen molar-refractivity contribution in [3.63, 3.8) is 0 Å². The highest BCUT2D eigenvalue weighted by Gasteiger charge is 2.25. The third-order valence-electron chi connectivity index (χ3n) is 4.01. The van der Waals surface area contributed by atoms with Crippen LogP contribution in [0, 0.1) is 16.0 Å². The van der Waals surface area contributed by atoms with Crippen molar-refractivity contribution in [2.24, 2.45) is 5.92 Å². The van der Waals surface area contributed by atoms with Gasteiger partial charge in [-0.05, 0) is 37.3 Å². The van der Waals surface area contributed by atoms with E-state index in [0.717, 1.165) is 25.7 Å². The van der Waals surface area contributed by atoms with Crippen molar-refractivity contribution in [1.29, 1.82) is 0 Å². The number of hydrogen-bond donors (Lipinski definition) is 1. The number of nitro groups is 1. The fourth-order valence-corrected chi connectivity index (χ4v) is 3.02. The van der Waals surface area contributed by atoms with Crippen LogP contribution in [-0.4, -0.2) is 16.9 Å². The highest BCUT2D eigenvalue weighted by atomic mass is 35.5. The van der Waals surface area contributed by atoms with Crippen molar-refractivity contribution < 1.29 is 9.72 Å². The molecule has 1 aromatic carbocycles. The van der Waals surface area contributed by atoms with Crippen LogP contribution in [0.25, 0.3) is 0 Å². The number of carbonyl (C=O) groups excluding carboxylic acids is 1. The van der Waals surface area contributed by atoms with Crippen molar-refractivity contribution >= 4 is 23.2 Å². The van der Waals surface area contributed by atoms with Crippen LogP contribution in [0.15, 0.2) is 18.2 Å². The molecule has 1 aliphatic rings. The fraction of sp³-hybridized carbons (Fsp3) is 0.533. The Kier molecular flexibility index (Phi) is 5.17. The smallest absolute Gasteiger partial charge is 0.300 e. The molecule has 114 valence electrons. The van der Waals surface area contributed by atoms with Gasteiger partial charge < -0.3 is 5.32 Å². The average molecular weight is 311 g/mol. The summed E-state index contributed by atoms with van der Waals surface area (Å²) in [7, 11) is 0. The van der Waals surface area contributed by atoms with Gasteiger partial charge in [0, 0.05) is 6.04 Å². The summed E-state index contributed by atoms with van der Waals surface area (Å²) >= 11 is 5.83. The molecule has 0 aliphatic heterocycles. The molecule has 1 aromatic rings. The summed E-state index contributed by atoms with van der Waals surface area (Å²) < 4.78 is 0. The van der Waals surface area contributed by atoms with E-state index in [1.165, 1.54) is 18.6 Å². The standard InChI is InChI=1S/C15H19ClN2O3/c1-10-4-2-5-11(9-8-10)17-15(19)12-6-3-7-13(16)14(12)18(20)21/h3,6-7,10-11H,2,4-5,8-9H2,1H3,(H,17,19). The van der Waals surface area contributed by atoms with E-state index in [0.29, 0.717) is 5.92 Å². The molecule has 21 heavy (non-hydrogen) atoms. The molecule has 0 bridgehead atoms. The minimum Gasteiger partial charge on any atom is -0.349 e. The highest BCUT2D eigenvalue weighted by Crippen LogP contribution is 2.29. The van der Waals surface area contributed by atoms with Gasteiger partial charge in [-0.15, -0.1) is 0 Å². The Labute approximate surface area is 128 Å². The lowest BCUT2D eigenvalue weighted by molar-refractivity contribution is -0.385. The number of halogens is 1. The first-order valence-electron chi connectivity index (χ1n) is 7.22. The van der Waals surface area contributed by atoms with E-state index in [1.807, 2.05) is 0 Å². The SMILES string of the molecule is CC1CCCC(NC(=O)c2cccc(Cl)c2[N+](=O)[O-])CC1. The molecule has 1 amide bonds. The number of amides is 1. The van der Waals surface area contributed by atoms with Gasteiger partial charge in [0.15, 0.2) is 0 Å². The van der Waals surface area contributed by atoms with Crippen LogP contribution in [0.1, 0.15) is 49.4 Å². The number of benzene rings is 1. The number of hydrogen-bond acceptors (Lipinski definition) is 3. The summed E-state index contributed by atoms with van der Waals surface area (Å²) in [6.45, 7) is 2.21. The lowest BCUT2D eigenvalue weighted by Gasteiger charge is -2.16. The van der Waals surface area contributed by atoms with Gasteiger partial charge in [-0.2, -0.15) is 0 Å². The van der Waals surface area contributed by atoms with E-state index < -0.39 is 10.8 Å². The summed E-state index contributed by atoms with van der Waals surface area (Å²) in [6.07, 6.45) is 5.15. The van der Waals surface area contributed by atoms with Crippen LogP contribution in [0.4, 0.5) is 5.69 Å². The van der Waals surface area contributed by atoms with Gasteiger partial charge in [0.2, 0.25) is 0 Å². The summed E-state index contributed by atoms with van der Waals surface area (Å²) in [5.74, 6) is 0.260. The van der Waals surface area contributed by atoms with E-state index in [9.17, 15) is 14.9 Å². The Bertz CT molecular complexity index is 548. The molecule has 2 unspecified atom stereocenters. The molecule has 0 spiro atoms. The molecule has 1 aliphatic carbocycles. The van der Waals surface area contributed by atoms with Crippen molar-refractivity contribution in [2.75, 3.05) is 0 Å². The highest BCUT2D eigenvalue weighted by molar-refractivity contribution is 6.33. The monoisotopic (exact) mass is 310 g/mol. The first-order valence-corrected chi connectivity index (χ1v) is 7.60. The third-order valence-corrected chi connectivity index (χ3v) is 4.31. The Morgan fingerprint density at radius 3 is 2.81 bits per heavy atom. The average Bonchev–Trinajstić information content (AvgIpc) is 2.63. The molecule has 0 saturated heterocycles. The third kappa shape index (κ3) is 3.94. The van der Waals surface area contributed by atoms with Crippen molar-refractivity contribution in [3.05, 3.63) is 38.9 Å². The summed E-state index contributed by atoms with van der Waals surface area (Å²) in [4.78, 5) is 22.8. The molecular weight excluding hydrogens is 292 g/mol. The fourth-order valence-electron chi connectivity index (χ4n) is 2.78. The topological polar surface area (TPSA) is 72.2 Å². The van der Waals surface area contributed by atoms with Crippen LogP contribution in [0.3, 0.4) is 0 Å². The first kappa shape index (κ1) is 15.8. The Morgan fingerprint density at radius 1 is 1.33 bits per heavy atom. The minimum absolute atomic E-state index is 0.0119. The first-order chi connectivity index (χ1) is 9.99. The lowest BCUT2D eigenvalue weighted by Crippen LogP contribution is -2.34. The Morgan fingerprint density at radius 2 is 2.10 bits per heavy atom. The van der Waals surface area contributed by atoms with Gasteiger partial charge >= 0.3 is 5.69 Å². The predicted octanol–water partition coefficient (Wildman–Crippen LogP) is 3.95. The maximum atomic E-state index is 12.3. The number of rotatable bonds is 3. The Balaban J connectivity index is 2.13. The van der Waals surface area contributed by atoms with E-state index >= 15 is 0 Å². The predicted molar refractivity (Wildman–Crippen MR) is 81.6 cm³/mol. The van der Waals surface area contributed by atoms with Crippen molar-refractivity contribution in [1.82, 2.24) is 5.32 Å². The van der Waals surface area contributed by atoms with E-state index in [4.69, 9.17) is 11.6 Å². The van der Waals surface area contributed by atoms with Crippen LogP contribution in [0.5, 0.6) is 0 Å². The zero-order valence-corrected chi connectivity index (χ0v) is 12.7. The summed E-state index contributed by atoms with van der Waals surface area (Å²) in [5.41, 5.74) is -0.288. The number of carbonyl (C=O) groups is 1. The Hall–Kier alpha value is -1.62. The lowest BCUT2D eigenvalue weighted by atomic mass is 10.0. The van der Waals surface area contributed by atoms with Gasteiger partial charge in [-0.3, -0.25) is 14.9 Å². The molecule has 2 rings (SSSR count). The summed E-state index contributed by atoms with van der Waals surface area (Å²) in [6, 6.07) is 4.50. The molecule has 0 radical (unpaired) electrons. The summed E-state index contributed by atoms with van der Waals surface area (Å²) in [5, 5.41) is 14.0. The molecule has 6 heteroatoms. The molecule has 2 atom stereocenters. The molecule has 5 nitrogen and oxygen atoms in total. The van der Waals surface area contributed by atoms with Crippen molar-refractivity contribution in [3.8, 4) is 0 Å². The molecular formula is C15H19ClN2O3.